The molecule has 3 N–H and O–H groups in total. The molecule has 11 nitrogen and oxygen atoms in total. The lowest BCUT2D eigenvalue weighted by molar-refractivity contribution is -0.0506. The summed E-state index contributed by atoms with van der Waals surface area (Å²) in [5.74, 6) is 3.45. The van der Waals surface area contributed by atoms with Gasteiger partial charge in [-0.15, -0.1) is 0 Å². The second kappa shape index (κ2) is 8.36. The van der Waals surface area contributed by atoms with E-state index in [2.05, 4.69) is 42.7 Å². The van der Waals surface area contributed by atoms with Crippen LogP contribution in [0.2, 0.25) is 0 Å². The number of rotatable bonds is 6. The van der Waals surface area contributed by atoms with Gasteiger partial charge in [-0.25, -0.2) is 9.78 Å². The minimum absolute atomic E-state index is 0.0467. The minimum atomic E-state index is -0.249. The van der Waals surface area contributed by atoms with Crippen LogP contribution in [-0.2, 0) is 4.74 Å². The normalized spacial score (nSPS) is 29.6. The molecule has 4 saturated carbocycles. The van der Waals surface area contributed by atoms with Crippen LogP contribution >= 0.6 is 0 Å². The van der Waals surface area contributed by atoms with Crippen molar-refractivity contribution in [1.82, 2.24) is 34.8 Å². The molecule has 4 heterocycles. The van der Waals surface area contributed by atoms with Gasteiger partial charge >= 0.3 is 6.09 Å². The van der Waals surface area contributed by atoms with E-state index in [-0.39, 0.29) is 17.7 Å². The van der Waals surface area contributed by atoms with Crippen LogP contribution in [0.25, 0.3) is 5.65 Å². The minimum Gasteiger partial charge on any atom is -0.446 e. The van der Waals surface area contributed by atoms with Gasteiger partial charge in [0.1, 0.15) is 17.6 Å². The molecule has 4 aliphatic carbocycles. The third-order valence-corrected chi connectivity index (χ3v) is 8.54. The van der Waals surface area contributed by atoms with Crippen LogP contribution in [0.3, 0.4) is 0 Å². The number of likely N-dealkylation sites (N-methyl/N-ethyl adjacent to an activating group) is 1. The molecule has 0 radical (unpaired) electrons. The summed E-state index contributed by atoms with van der Waals surface area (Å²) in [6.07, 6.45) is 9.42. The summed E-state index contributed by atoms with van der Waals surface area (Å²) in [6.45, 7) is 3.91. The first-order chi connectivity index (χ1) is 17.5. The number of carbonyl (C=O) groups excluding carboxylic acids is 1. The lowest BCUT2D eigenvalue weighted by Gasteiger charge is -2.61. The van der Waals surface area contributed by atoms with Crippen LogP contribution in [0, 0.1) is 5.92 Å². The first kappa shape index (κ1) is 21.9. The number of hydrogen-bond donors (Lipinski definition) is 3. The van der Waals surface area contributed by atoms with Crippen molar-refractivity contribution in [3.63, 3.8) is 0 Å². The van der Waals surface area contributed by atoms with Crippen LogP contribution in [0.5, 0.6) is 0 Å². The maximum atomic E-state index is 12.3. The van der Waals surface area contributed by atoms with Crippen LogP contribution < -0.4 is 15.5 Å². The smallest absolute Gasteiger partial charge is 0.407 e. The highest BCUT2D eigenvalue weighted by Crippen LogP contribution is 2.57. The molecule has 3 aromatic heterocycles. The van der Waals surface area contributed by atoms with Gasteiger partial charge in [0.25, 0.3) is 0 Å². The van der Waals surface area contributed by atoms with E-state index in [9.17, 15) is 4.79 Å². The van der Waals surface area contributed by atoms with Crippen molar-refractivity contribution in [1.29, 1.82) is 0 Å². The van der Waals surface area contributed by atoms with Gasteiger partial charge in [0.05, 0.1) is 0 Å². The molecule has 2 bridgehead atoms. The van der Waals surface area contributed by atoms with Crippen molar-refractivity contribution in [3.05, 3.63) is 30.2 Å². The Morgan fingerprint density at radius 1 is 1.17 bits per heavy atom. The van der Waals surface area contributed by atoms with Gasteiger partial charge < -0.3 is 25.2 Å². The number of ether oxygens (including phenoxy) is 1. The number of imidazole rings is 1. The molecule has 5 fully saturated rings. The molecule has 190 valence electrons. The van der Waals surface area contributed by atoms with Crippen molar-refractivity contribution in [2.24, 2.45) is 5.92 Å². The van der Waals surface area contributed by atoms with E-state index in [1.54, 1.807) is 6.20 Å². The number of anilines is 3. The molecule has 5 aliphatic rings. The Balaban J connectivity index is 1.01. The van der Waals surface area contributed by atoms with Crippen LogP contribution in [-0.4, -0.2) is 80.4 Å². The fraction of sp³-hybridized carbons (Fsp3) is 0.600. The molecular weight excluding hydrogens is 458 g/mol. The fourth-order valence-corrected chi connectivity index (χ4v) is 6.28. The zero-order valence-electron chi connectivity index (χ0n) is 20.6. The van der Waals surface area contributed by atoms with E-state index in [4.69, 9.17) is 9.72 Å². The summed E-state index contributed by atoms with van der Waals surface area (Å²) in [5, 5.41) is 14.2. The predicted octanol–water partition coefficient (Wildman–Crippen LogP) is 2.86. The Kier molecular flexibility index (Phi) is 5.09. The number of piperazine rings is 1. The van der Waals surface area contributed by atoms with Gasteiger partial charge in [-0.3, -0.25) is 9.50 Å². The highest BCUT2D eigenvalue weighted by atomic mass is 16.6. The number of aromatic amines is 1. The van der Waals surface area contributed by atoms with Crippen LogP contribution in [0.15, 0.2) is 24.5 Å². The van der Waals surface area contributed by atoms with Crippen molar-refractivity contribution < 1.29 is 9.53 Å². The van der Waals surface area contributed by atoms with E-state index < -0.39 is 0 Å². The number of hydrogen-bond acceptors (Lipinski definition) is 8. The molecule has 1 amide bonds. The second-order valence-corrected chi connectivity index (χ2v) is 11.1. The molecule has 1 saturated heterocycles. The lowest BCUT2D eigenvalue weighted by Crippen LogP contribution is -2.68. The summed E-state index contributed by atoms with van der Waals surface area (Å²) in [4.78, 5) is 26.4. The molecule has 0 spiro atoms. The Bertz CT molecular complexity index is 1260. The van der Waals surface area contributed by atoms with Gasteiger partial charge in [0.2, 0.25) is 5.95 Å². The van der Waals surface area contributed by atoms with E-state index >= 15 is 0 Å². The Morgan fingerprint density at radius 3 is 2.78 bits per heavy atom. The van der Waals surface area contributed by atoms with Gasteiger partial charge in [-0.2, -0.15) is 10.1 Å². The molecule has 8 rings (SSSR count). The van der Waals surface area contributed by atoms with E-state index in [0.29, 0.717) is 17.7 Å². The number of aromatic nitrogens is 5. The zero-order valence-corrected chi connectivity index (χ0v) is 20.6. The zero-order chi connectivity index (χ0) is 24.3. The topological polar surface area (TPSA) is 116 Å². The highest BCUT2D eigenvalue weighted by Gasteiger charge is 2.57. The van der Waals surface area contributed by atoms with Crippen LogP contribution in [0.4, 0.5) is 22.4 Å². The number of amides is 1. The molecule has 1 aliphatic heterocycles. The first-order valence-electron chi connectivity index (χ1n) is 13.1. The predicted molar refractivity (Wildman–Crippen MR) is 135 cm³/mol. The Hall–Kier alpha value is -3.34. The van der Waals surface area contributed by atoms with E-state index in [0.717, 1.165) is 87.8 Å². The maximum absolute atomic E-state index is 12.3. The summed E-state index contributed by atoms with van der Waals surface area (Å²) in [5.41, 5.74) is 1.96. The van der Waals surface area contributed by atoms with Crippen LogP contribution in [0.1, 0.15) is 50.1 Å². The Morgan fingerprint density at radius 2 is 2.00 bits per heavy atom. The average Bonchev–Trinajstić information content (AvgIpc) is 3.57. The summed E-state index contributed by atoms with van der Waals surface area (Å²) in [7, 11) is 2.15. The second-order valence-electron chi connectivity index (χ2n) is 11.1. The molecule has 36 heavy (non-hydrogen) atoms. The fourth-order valence-electron chi connectivity index (χ4n) is 6.28. The monoisotopic (exact) mass is 491 g/mol. The lowest BCUT2D eigenvalue weighted by atomic mass is 9.50. The number of nitrogens with zero attached hydrogens (tertiary/aromatic N) is 6. The quantitative estimate of drug-likeness (QED) is 0.482. The van der Waals surface area contributed by atoms with Gasteiger partial charge in [0.15, 0.2) is 5.82 Å². The van der Waals surface area contributed by atoms with Crippen molar-refractivity contribution in [3.8, 4) is 0 Å². The highest BCUT2D eigenvalue weighted by molar-refractivity contribution is 5.69. The molecular formula is C25H33N9O2. The van der Waals surface area contributed by atoms with E-state index in [1.807, 2.05) is 22.7 Å². The van der Waals surface area contributed by atoms with E-state index in [1.165, 1.54) is 0 Å². The van der Waals surface area contributed by atoms with Crippen molar-refractivity contribution in [2.45, 2.75) is 56.1 Å². The average molecular weight is 492 g/mol. The number of nitrogens with one attached hydrogen (secondary N) is 3. The SMILES string of the molecule is CN1CCN(c2cc3nccn3c(Nc3cc(C4CCC(OC(=O)NC56CC(C5)C6)C4)[nH]n3)n2)CC1. The number of alkyl carbamates (subject to hydrolysis) is 1. The summed E-state index contributed by atoms with van der Waals surface area (Å²) < 4.78 is 7.69. The molecule has 2 atom stereocenters. The molecule has 3 aromatic rings. The summed E-state index contributed by atoms with van der Waals surface area (Å²) in [6, 6.07) is 4.08. The maximum Gasteiger partial charge on any atom is 0.407 e. The molecule has 2 unspecified atom stereocenters. The van der Waals surface area contributed by atoms with Crippen molar-refractivity contribution in [2.75, 3.05) is 43.4 Å². The third kappa shape index (κ3) is 3.95. The third-order valence-electron chi connectivity index (χ3n) is 8.54. The van der Waals surface area contributed by atoms with Gasteiger partial charge in [-0.1, -0.05) is 0 Å². The summed E-state index contributed by atoms with van der Waals surface area (Å²) >= 11 is 0. The van der Waals surface area contributed by atoms with Gasteiger partial charge in [0, 0.05) is 67.9 Å². The number of carbonyl (C=O) groups is 1. The molecule has 0 aromatic carbocycles. The van der Waals surface area contributed by atoms with Crippen molar-refractivity contribution >= 4 is 29.3 Å². The number of H-pyrrole nitrogens is 1. The largest absolute Gasteiger partial charge is 0.446 e. The molecule has 11 heteroatoms. The van der Waals surface area contributed by atoms with Gasteiger partial charge in [-0.05, 0) is 51.5 Å². The first-order valence-corrected chi connectivity index (χ1v) is 13.1. The number of fused-ring (bicyclic) bond motifs is 1. The Labute approximate surface area is 209 Å². The standard InChI is InChI=1S/C25H33N9O2/c1-32-6-8-33(9-7-32)22-12-21-26-4-5-34(21)23(28-22)27-20-11-19(30-31-20)17-2-3-18(10-17)36-24(35)29-25-13-16(14-25)15-25/h4-5,11-12,16-18H,2-3,6-10,13-15H2,1H3,(H,29,35)(H2,27,28,30,31).